The van der Waals surface area contributed by atoms with Crippen LogP contribution in [0.5, 0.6) is 0 Å². The first kappa shape index (κ1) is 10.6. The number of sulfone groups is 1. The number of carbonyl (C=O) groups excluding carboxylic acids is 1. The number of hydrogen-bond acceptors (Lipinski definition) is 5. The van der Waals surface area contributed by atoms with Crippen LogP contribution in [0, 0.1) is 0 Å². The molecule has 1 aliphatic heterocycles. The van der Waals surface area contributed by atoms with E-state index in [1.54, 1.807) is 5.51 Å². The Bertz CT molecular complexity index is 452. The second-order valence-electron chi connectivity index (χ2n) is 3.44. The molecule has 1 aromatic heterocycles. The van der Waals surface area contributed by atoms with E-state index in [2.05, 4.69) is 10.3 Å². The summed E-state index contributed by atoms with van der Waals surface area (Å²) in [5, 5.41) is 2.69. The molecule has 1 aliphatic rings. The SMILES string of the molecule is O=C(NC1CCS(=O)(=O)C1)c1cncs1. The summed E-state index contributed by atoms with van der Waals surface area (Å²) in [5.41, 5.74) is 1.57. The van der Waals surface area contributed by atoms with Gasteiger partial charge in [-0.2, -0.15) is 0 Å². The van der Waals surface area contributed by atoms with Gasteiger partial charge in [0.2, 0.25) is 0 Å². The van der Waals surface area contributed by atoms with Gasteiger partial charge in [-0.15, -0.1) is 11.3 Å². The van der Waals surface area contributed by atoms with Gasteiger partial charge in [0, 0.05) is 6.04 Å². The maximum Gasteiger partial charge on any atom is 0.263 e. The van der Waals surface area contributed by atoms with Gasteiger partial charge < -0.3 is 5.32 Å². The van der Waals surface area contributed by atoms with Crippen molar-refractivity contribution in [2.75, 3.05) is 11.5 Å². The number of nitrogens with zero attached hydrogens (tertiary/aromatic N) is 1. The minimum absolute atomic E-state index is 0.0531. The molecule has 0 saturated carbocycles. The van der Waals surface area contributed by atoms with Gasteiger partial charge in [0.25, 0.3) is 5.91 Å². The van der Waals surface area contributed by atoms with Crippen LogP contribution < -0.4 is 5.32 Å². The fraction of sp³-hybridized carbons (Fsp3) is 0.500. The molecule has 1 saturated heterocycles. The van der Waals surface area contributed by atoms with Crippen molar-refractivity contribution >= 4 is 27.1 Å². The molecule has 0 aromatic carbocycles. The molecule has 1 aromatic rings. The predicted molar refractivity (Wildman–Crippen MR) is 56.6 cm³/mol. The first-order valence-electron chi connectivity index (χ1n) is 4.46. The molecular weight excluding hydrogens is 236 g/mol. The maximum atomic E-state index is 11.5. The van der Waals surface area contributed by atoms with Gasteiger partial charge in [0.15, 0.2) is 9.84 Å². The molecule has 1 amide bonds. The number of carbonyl (C=O) groups is 1. The molecule has 0 spiro atoms. The van der Waals surface area contributed by atoms with Crippen molar-refractivity contribution in [2.45, 2.75) is 12.5 Å². The second-order valence-corrected chi connectivity index (χ2v) is 6.55. The number of amides is 1. The minimum Gasteiger partial charge on any atom is -0.348 e. The topological polar surface area (TPSA) is 76.1 Å². The lowest BCUT2D eigenvalue weighted by Gasteiger charge is -2.08. The molecule has 15 heavy (non-hydrogen) atoms. The van der Waals surface area contributed by atoms with Crippen LogP contribution in [0.3, 0.4) is 0 Å². The van der Waals surface area contributed by atoms with Gasteiger partial charge in [-0.25, -0.2) is 8.42 Å². The first-order chi connectivity index (χ1) is 7.07. The van der Waals surface area contributed by atoms with Crippen molar-refractivity contribution in [2.24, 2.45) is 0 Å². The van der Waals surface area contributed by atoms with Crippen LogP contribution in [0.15, 0.2) is 11.7 Å². The number of aromatic nitrogens is 1. The van der Waals surface area contributed by atoms with Crippen molar-refractivity contribution in [1.82, 2.24) is 10.3 Å². The fourth-order valence-electron chi connectivity index (χ4n) is 1.49. The Morgan fingerprint density at radius 2 is 2.40 bits per heavy atom. The third kappa shape index (κ3) is 2.54. The van der Waals surface area contributed by atoms with Gasteiger partial charge in [0.1, 0.15) is 4.88 Å². The Labute approximate surface area is 91.4 Å². The maximum absolute atomic E-state index is 11.5. The van der Waals surface area contributed by atoms with Crippen LogP contribution in [0.4, 0.5) is 0 Å². The summed E-state index contributed by atoms with van der Waals surface area (Å²) in [6.07, 6.45) is 1.98. The molecule has 82 valence electrons. The van der Waals surface area contributed by atoms with Gasteiger partial charge in [-0.1, -0.05) is 0 Å². The number of hydrogen-bond donors (Lipinski definition) is 1. The normalized spacial score (nSPS) is 23.9. The average molecular weight is 246 g/mol. The highest BCUT2D eigenvalue weighted by atomic mass is 32.2. The van der Waals surface area contributed by atoms with E-state index in [0.29, 0.717) is 11.3 Å². The van der Waals surface area contributed by atoms with Gasteiger partial charge in [0.05, 0.1) is 23.2 Å². The highest BCUT2D eigenvalue weighted by molar-refractivity contribution is 7.91. The molecule has 7 heteroatoms. The predicted octanol–water partition coefficient (Wildman–Crippen LogP) is 0.0600. The number of nitrogens with one attached hydrogen (secondary N) is 1. The smallest absolute Gasteiger partial charge is 0.263 e. The van der Waals surface area contributed by atoms with Crippen LogP contribution >= 0.6 is 11.3 Å². The standard InChI is InChI=1S/C8H10N2O3S2/c11-8(7-3-9-5-14-7)10-6-1-2-15(12,13)4-6/h3,5-6H,1-2,4H2,(H,10,11). The van der Waals surface area contributed by atoms with Crippen molar-refractivity contribution < 1.29 is 13.2 Å². The van der Waals surface area contributed by atoms with Crippen molar-refractivity contribution in [3.63, 3.8) is 0 Å². The summed E-state index contributed by atoms with van der Waals surface area (Å²) in [7, 11) is -2.94. The Morgan fingerprint density at radius 3 is 2.93 bits per heavy atom. The Kier molecular flexibility index (Phi) is 2.74. The minimum atomic E-state index is -2.94. The van der Waals surface area contributed by atoms with Crippen LogP contribution in [-0.2, 0) is 9.84 Å². The summed E-state index contributed by atoms with van der Waals surface area (Å²) in [6.45, 7) is 0. The zero-order chi connectivity index (χ0) is 10.9. The summed E-state index contributed by atoms with van der Waals surface area (Å²) < 4.78 is 22.3. The summed E-state index contributed by atoms with van der Waals surface area (Å²) in [5.74, 6) is -0.0161. The van der Waals surface area contributed by atoms with E-state index in [4.69, 9.17) is 0 Å². The molecule has 0 aliphatic carbocycles. The highest BCUT2D eigenvalue weighted by Gasteiger charge is 2.29. The van der Waals surface area contributed by atoms with Crippen molar-refractivity contribution in [1.29, 1.82) is 0 Å². The molecule has 0 radical (unpaired) electrons. The number of thiazole rings is 1. The van der Waals surface area contributed by atoms with Crippen LogP contribution in [0.25, 0.3) is 0 Å². The summed E-state index contributed by atoms with van der Waals surface area (Å²) in [6, 6.07) is -0.246. The van der Waals surface area contributed by atoms with Gasteiger partial charge in [-0.3, -0.25) is 9.78 Å². The molecule has 1 atom stereocenters. The monoisotopic (exact) mass is 246 g/mol. The zero-order valence-corrected chi connectivity index (χ0v) is 9.47. The van der Waals surface area contributed by atoms with E-state index >= 15 is 0 Å². The Balaban J connectivity index is 1.97. The van der Waals surface area contributed by atoms with E-state index in [0.717, 1.165) is 0 Å². The summed E-state index contributed by atoms with van der Waals surface area (Å²) in [4.78, 5) is 15.8. The Morgan fingerprint density at radius 1 is 1.60 bits per heavy atom. The third-order valence-electron chi connectivity index (χ3n) is 2.22. The Hall–Kier alpha value is -0.950. The van der Waals surface area contributed by atoms with Crippen LogP contribution in [0.1, 0.15) is 16.1 Å². The van der Waals surface area contributed by atoms with Crippen LogP contribution in [0.2, 0.25) is 0 Å². The first-order valence-corrected chi connectivity index (χ1v) is 7.17. The second kappa shape index (κ2) is 3.90. The molecule has 1 N–H and O–H groups in total. The van der Waals surface area contributed by atoms with E-state index in [1.165, 1.54) is 17.5 Å². The van der Waals surface area contributed by atoms with Crippen molar-refractivity contribution in [3.05, 3.63) is 16.6 Å². The lowest BCUT2D eigenvalue weighted by molar-refractivity contribution is 0.0945. The molecule has 0 bridgehead atoms. The largest absolute Gasteiger partial charge is 0.348 e. The molecule has 1 fully saturated rings. The van der Waals surface area contributed by atoms with Crippen LogP contribution in [-0.4, -0.2) is 36.9 Å². The molecular formula is C8H10N2O3S2. The molecule has 1 unspecified atom stereocenters. The highest BCUT2D eigenvalue weighted by Crippen LogP contribution is 2.13. The third-order valence-corrected chi connectivity index (χ3v) is 4.76. The molecule has 5 nitrogen and oxygen atoms in total. The number of rotatable bonds is 2. The fourth-order valence-corrected chi connectivity index (χ4v) is 3.69. The van der Waals surface area contributed by atoms with Crippen molar-refractivity contribution in [3.8, 4) is 0 Å². The zero-order valence-electron chi connectivity index (χ0n) is 7.84. The van der Waals surface area contributed by atoms with Gasteiger partial charge >= 0.3 is 0 Å². The summed E-state index contributed by atoms with van der Waals surface area (Å²) >= 11 is 1.24. The van der Waals surface area contributed by atoms with E-state index in [-0.39, 0.29) is 23.5 Å². The van der Waals surface area contributed by atoms with E-state index in [1.807, 2.05) is 0 Å². The average Bonchev–Trinajstić information content (AvgIpc) is 2.74. The lowest BCUT2D eigenvalue weighted by Crippen LogP contribution is -2.35. The molecule has 2 rings (SSSR count). The molecule has 2 heterocycles. The van der Waals surface area contributed by atoms with E-state index in [9.17, 15) is 13.2 Å². The lowest BCUT2D eigenvalue weighted by atomic mass is 10.2. The quantitative estimate of drug-likeness (QED) is 0.800. The van der Waals surface area contributed by atoms with Gasteiger partial charge in [-0.05, 0) is 6.42 Å². The van der Waals surface area contributed by atoms with E-state index < -0.39 is 9.84 Å².